The van der Waals surface area contributed by atoms with Crippen LogP contribution in [0.25, 0.3) is 0 Å². The monoisotopic (exact) mass is 201 g/mol. The first-order valence-electron chi connectivity index (χ1n) is 4.45. The van der Waals surface area contributed by atoms with Crippen LogP contribution >= 0.6 is 12.2 Å². The van der Waals surface area contributed by atoms with E-state index in [0.717, 1.165) is 31.6 Å². The molecule has 1 unspecified atom stereocenters. The molecule has 1 fully saturated rings. The summed E-state index contributed by atoms with van der Waals surface area (Å²) in [5.41, 5.74) is 8.95. The molecule has 0 bridgehead atoms. The average Bonchev–Trinajstić information content (AvgIpc) is 2.15. The highest BCUT2D eigenvalue weighted by Gasteiger charge is 2.16. The summed E-state index contributed by atoms with van der Waals surface area (Å²) in [5.74, 6) is 0. The predicted molar refractivity (Wildman–Crippen MR) is 56.6 cm³/mol. The number of hydrogen-bond acceptors (Lipinski definition) is 3. The van der Waals surface area contributed by atoms with Crippen LogP contribution in [0.2, 0.25) is 0 Å². The summed E-state index contributed by atoms with van der Waals surface area (Å²) < 4.78 is 5.49. The SMILES string of the molecule is CCC1CC(=NNC(N)=S)CCO1. The number of nitrogens with one attached hydrogen (secondary N) is 1. The second-order valence-electron chi connectivity index (χ2n) is 3.01. The Kier molecular flexibility index (Phi) is 4.11. The summed E-state index contributed by atoms with van der Waals surface area (Å²) in [4.78, 5) is 0. The fourth-order valence-electron chi connectivity index (χ4n) is 1.27. The molecule has 0 aromatic heterocycles. The Morgan fingerprint density at radius 2 is 2.62 bits per heavy atom. The third kappa shape index (κ3) is 3.69. The van der Waals surface area contributed by atoms with Crippen LogP contribution in [0.3, 0.4) is 0 Å². The fraction of sp³-hybridized carbons (Fsp3) is 0.750. The molecule has 1 heterocycles. The zero-order valence-corrected chi connectivity index (χ0v) is 8.56. The van der Waals surface area contributed by atoms with Crippen LogP contribution in [-0.2, 0) is 4.74 Å². The van der Waals surface area contributed by atoms with Gasteiger partial charge in [0, 0.05) is 18.6 Å². The van der Waals surface area contributed by atoms with Crippen LogP contribution in [-0.4, -0.2) is 23.5 Å². The standard InChI is InChI=1S/C8H15N3OS/c1-2-7-5-6(3-4-12-7)10-11-8(9)13/h7H,2-5H2,1H3,(H3,9,11,13). The minimum atomic E-state index is 0.215. The minimum absolute atomic E-state index is 0.215. The molecule has 0 aliphatic carbocycles. The van der Waals surface area contributed by atoms with E-state index in [1.807, 2.05) is 0 Å². The van der Waals surface area contributed by atoms with Crippen molar-refractivity contribution in [2.45, 2.75) is 32.3 Å². The van der Waals surface area contributed by atoms with Crippen molar-refractivity contribution < 1.29 is 4.74 Å². The van der Waals surface area contributed by atoms with Gasteiger partial charge in [-0.1, -0.05) is 6.92 Å². The molecule has 1 aliphatic rings. The van der Waals surface area contributed by atoms with Gasteiger partial charge in [0.2, 0.25) is 0 Å². The van der Waals surface area contributed by atoms with Crippen molar-refractivity contribution in [3.05, 3.63) is 0 Å². The molecule has 1 aliphatic heterocycles. The molecule has 5 heteroatoms. The maximum Gasteiger partial charge on any atom is 0.184 e. The molecule has 4 nitrogen and oxygen atoms in total. The maximum atomic E-state index is 5.49. The lowest BCUT2D eigenvalue weighted by molar-refractivity contribution is 0.0478. The highest BCUT2D eigenvalue weighted by Crippen LogP contribution is 2.13. The number of hydrogen-bond donors (Lipinski definition) is 2. The third-order valence-electron chi connectivity index (χ3n) is 1.99. The van der Waals surface area contributed by atoms with Gasteiger partial charge in [-0.3, -0.25) is 5.43 Å². The molecule has 13 heavy (non-hydrogen) atoms. The van der Waals surface area contributed by atoms with Gasteiger partial charge in [-0.2, -0.15) is 5.10 Å². The average molecular weight is 201 g/mol. The molecular formula is C8H15N3OS. The number of hydrazone groups is 1. The van der Waals surface area contributed by atoms with E-state index in [1.165, 1.54) is 0 Å². The van der Waals surface area contributed by atoms with Crippen LogP contribution in [0.15, 0.2) is 5.10 Å². The van der Waals surface area contributed by atoms with Gasteiger partial charge in [0.1, 0.15) is 0 Å². The molecule has 0 aromatic rings. The van der Waals surface area contributed by atoms with Crippen molar-refractivity contribution in [3.8, 4) is 0 Å². The molecule has 1 atom stereocenters. The Morgan fingerprint density at radius 3 is 3.23 bits per heavy atom. The van der Waals surface area contributed by atoms with Gasteiger partial charge in [0.25, 0.3) is 0 Å². The van der Waals surface area contributed by atoms with Crippen LogP contribution in [0, 0.1) is 0 Å². The van der Waals surface area contributed by atoms with Crippen molar-refractivity contribution in [2.24, 2.45) is 10.8 Å². The smallest absolute Gasteiger partial charge is 0.184 e. The Morgan fingerprint density at radius 1 is 1.85 bits per heavy atom. The molecule has 3 N–H and O–H groups in total. The summed E-state index contributed by atoms with van der Waals surface area (Å²) in [6.45, 7) is 2.85. The lowest BCUT2D eigenvalue weighted by Gasteiger charge is -2.22. The molecule has 74 valence electrons. The first-order chi connectivity index (χ1) is 6.22. The van der Waals surface area contributed by atoms with Crippen molar-refractivity contribution in [1.82, 2.24) is 5.43 Å². The number of rotatable bonds is 2. The van der Waals surface area contributed by atoms with E-state index < -0.39 is 0 Å². The third-order valence-corrected chi connectivity index (χ3v) is 2.08. The van der Waals surface area contributed by atoms with Crippen molar-refractivity contribution in [3.63, 3.8) is 0 Å². The molecule has 0 spiro atoms. The summed E-state index contributed by atoms with van der Waals surface area (Å²) in [6, 6.07) is 0. The van der Waals surface area contributed by atoms with Crippen LogP contribution in [0.1, 0.15) is 26.2 Å². The molecule has 0 aromatic carbocycles. The summed E-state index contributed by atoms with van der Waals surface area (Å²) in [6.07, 6.45) is 3.07. The van der Waals surface area contributed by atoms with Crippen molar-refractivity contribution >= 4 is 23.0 Å². The van der Waals surface area contributed by atoms with E-state index in [-0.39, 0.29) is 5.11 Å². The summed E-state index contributed by atoms with van der Waals surface area (Å²) in [7, 11) is 0. The predicted octanol–water partition coefficient (Wildman–Crippen LogP) is 0.765. The number of thiocarbonyl (C=S) groups is 1. The Bertz CT molecular complexity index is 217. The van der Waals surface area contributed by atoms with E-state index in [2.05, 4.69) is 29.7 Å². The van der Waals surface area contributed by atoms with Gasteiger partial charge in [0.15, 0.2) is 5.11 Å². The van der Waals surface area contributed by atoms with Gasteiger partial charge < -0.3 is 10.5 Å². The van der Waals surface area contributed by atoms with Gasteiger partial charge in [-0.05, 0) is 18.6 Å². The van der Waals surface area contributed by atoms with Gasteiger partial charge in [-0.15, -0.1) is 0 Å². The lowest BCUT2D eigenvalue weighted by atomic mass is 10.1. The summed E-state index contributed by atoms with van der Waals surface area (Å²) in [5, 5.41) is 4.32. The lowest BCUT2D eigenvalue weighted by Crippen LogP contribution is -2.30. The minimum Gasteiger partial charge on any atom is -0.377 e. The highest BCUT2D eigenvalue weighted by atomic mass is 32.1. The number of nitrogens with zero attached hydrogens (tertiary/aromatic N) is 1. The fourth-order valence-corrected chi connectivity index (χ4v) is 1.31. The molecule has 0 amide bonds. The zero-order chi connectivity index (χ0) is 9.68. The molecular weight excluding hydrogens is 186 g/mol. The van der Waals surface area contributed by atoms with Gasteiger partial charge in [-0.25, -0.2) is 0 Å². The van der Waals surface area contributed by atoms with Crippen LogP contribution in [0.4, 0.5) is 0 Å². The quantitative estimate of drug-likeness (QED) is 0.511. The number of nitrogens with two attached hydrogens (primary N) is 1. The molecule has 0 radical (unpaired) electrons. The van der Waals surface area contributed by atoms with Gasteiger partial charge >= 0.3 is 0 Å². The molecule has 1 saturated heterocycles. The van der Waals surface area contributed by atoms with Crippen molar-refractivity contribution in [1.29, 1.82) is 0 Å². The second kappa shape index (κ2) is 5.14. The summed E-state index contributed by atoms with van der Waals surface area (Å²) >= 11 is 4.65. The van der Waals surface area contributed by atoms with Crippen molar-refractivity contribution in [2.75, 3.05) is 6.61 Å². The normalized spacial score (nSPS) is 25.9. The van der Waals surface area contributed by atoms with E-state index in [9.17, 15) is 0 Å². The maximum absolute atomic E-state index is 5.49. The van der Waals surface area contributed by atoms with Gasteiger partial charge in [0.05, 0.1) is 12.7 Å². The Balaban J connectivity index is 2.41. The van der Waals surface area contributed by atoms with Crippen LogP contribution in [0.5, 0.6) is 0 Å². The van der Waals surface area contributed by atoms with E-state index in [0.29, 0.717) is 6.10 Å². The largest absolute Gasteiger partial charge is 0.377 e. The van der Waals surface area contributed by atoms with E-state index >= 15 is 0 Å². The zero-order valence-electron chi connectivity index (χ0n) is 7.75. The molecule has 0 saturated carbocycles. The Labute approximate surface area is 83.5 Å². The first-order valence-corrected chi connectivity index (χ1v) is 4.85. The van der Waals surface area contributed by atoms with E-state index in [1.54, 1.807) is 0 Å². The molecule has 1 rings (SSSR count). The number of ether oxygens (including phenoxy) is 1. The Hall–Kier alpha value is -0.680. The van der Waals surface area contributed by atoms with E-state index in [4.69, 9.17) is 10.5 Å². The topological polar surface area (TPSA) is 59.6 Å². The highest BCUT2D eigenvalue weighted by molar-refractivity contribution is 7.80. The first kappa shape index (κ1) is 10.4. The van der Waals surface area contributed by atoms with Crippen LogP contribution < -0.4 is 11.2 Å². The second-order valence-corrected chi connectivity index (χ2v) is 3.45.